The first-order valence-corrected chi connectivity index (χ1v) is 9.98. The summed E-state index contributed by atoms with van der Waals surface area (Å²) in [6.45, 7) is -2.75. The molecule has 0 unspecified atom stereocenters. The topological polar surface area (TPSA) is 85.0 Å². The first kappa shape index (κ1) is 21.2. The van der Waals surface area contributed by atoms with Crippen LogP contribution in [0, 0.1) is 5.92 Å². The van der Waals surface area contributed by atoms with E-state index in [9.17, 15) is 22.0 Å². The van der Waals surface area contributed by atoms with Crippen LogP contribution in [0.15, 0.2) is 48.9 Å². The molecule has 5 heterocycles. The number of anilines is 1. The maximum absolute atomic E-state index is 13.2. The van der Waals surface area contributed by atoms with Crippen LogP contribution >= 0.6 is 0 Å². The summed E-state index contributed by atoms with van der Waals surface area (Å²) >= 11 is 0. The van der Waals surface area contributed by atoms with Gasteiger partial charge in [-0.1, -0.05) is 6.07 Å². The zero-order valence-electron chi connectivity index (χ0n) is 16.8. The van der Waals surface area contributed by atoms with Crippen LogP contribution in [0.3, 0.4) is 0 Å². The SMILES string of the molecule is FC(F)n1cc(-c2ccc3ncc(-c4cccc(N[C@H]5CNC[C@@H]5C(F)(F)F)n4)n3n2)cn1. The molecule has 13 heteroatoms. The van der Waals surface area contributed by atoms with Crippen LogP contribution < -0.4 is 10.6 Å². The number of nitrogens with zero attached hydrogens (tertiary/aromatic N) is 6. The summed E-state index contributed by atoms with van der Waals surface area (Å²) in [5.41, 5.74) is 2.22. The number of rotatable bonds is 5. The summed E-state index contributed by atoms with van der Waals surface area (Å²) in [4.78, 5) is 8.73. The number of aromatic nitrogens is 6. The summed E-state index contributed by atoms with van der Waals surface area (Å²) in [7, 11) is 0. The Bertz CT molecular complexity index is 1280. The minimum atomic E-state index is -4.32. The van der Waals surface area contributed by atoms with E-state index in [-0.39, 0.29) is 13.1 Å². The molecule has 1 saturated heterocycles. The fourth-order valence-electron chi connectivity index (χ4n) is 3.80. The summed E-state index contributed by atoms with van der Waals surface area (Å²) < 4.78 is 67.4. The Morgan fingerprint density at radius 1 is 1.06 bits per heavy atom. The van der Waals surface area contributed by atoms with Gasteiger partial charge in [0.1, 0.15) is 11.5 Å². The Hall–Kier alpha value is -3.61. The van der Waals surface area contributed by atoms with Crippen molar-refractivity contribution < 1.29 is 22.0 Å². The van der Waals surface area contributed by atoms with E-state index in [1.807, 2.05) is 0 Å². The number of nitrogens with one attached hydrogen (secondary N) is 2. The molecule has 2 atom stereocenters. The normalized spacial score (nSPS) is 19.0. The number of pyridine rings is 1. The maximum atomic E-state index is 13.2. The summed E-state index contributed by atoms with van der Waals surface area (Å²) in [5.74, 6) is -1.23. The smallest absolute Gasteiger partial charge is 0.365 e. The highest BCUT2D eigenvalue weighted by molar-refractivity contribution is 5.64. The van der Waals surface area contributed by atoms with Crippen LogP contribution in [0.1, 0.15) is 6.55 Å². The molecule has 172 valence electrons. The van der Waals surface area contributed by atoms with E-state index < -0.39 is 24.7 Å². The van der Waals surface area contributed by atoms with Crippen LogP contribution in [0.25, 0.3) is 28.3 Å². The summed E-state index contributed by atoms with van der Waals surface area (Å²) in [6, 6.07) is 7.42. The highest BCUT2D eigenvalue weighted by Crippen LogP contribution is 2.32. The van der Waals surface area contributed by atoms with Gasteiger partial charge in [-0.05, 0) is 24.3 Å². The molecule has 0 aliphatic carbocycles. The highest BCUT2D eigenvalue weighted by atomic mass is 19.4. The van der Waals surface area contributed by atoms with Crippen molar-refractivity contribution in [1.82, 2.24) is 34.7 Å². The van der Waals surface area contributed by atoms with Gasteiger partial charge in [-0.15, -0.1) is 0 Å². The molecule has 0 saturated carbocycles. The number of imidazole rings is 1. The monoisotopic (exact) mass is 464 g/mol. The quantitative estimate of drug-likeness (QED) is 0.439. The maximum Gasteiger partial charge on any atom is 0.395 e. The van der Waals surface area contributed by atoms with Crippen LogP contribution in [0.2, 0.25) is 0 Å². The molecular formula is C20H17F5N8. The lowest BCUT2D eigenvalue weighted by Crippen LogP contribution is -2.38. The Labute approximate surface area is 183 Å². The lowest BCUT2D eigenvalue weighted by molar-refractivity contribution is -0.170. The van der Waals surface area contributed by atoms with Crippen LogP contribution in [-0.4, -0.2) is 54.7 Å². The van der Waals surface area contributed by atoms with E-state index in [1.54, 1.807) is 30.3 Å². The molecule has 0 aromatic carbocycles. The average molecular weight is 464 g/mol. The van der Waals surface area contributed by atoms with Gasteiger partial charge >= 0.3 is 12.7 Å². The van der Waals surface area contributed by atoms with E-state index in [0.717, 1.165) is 0 Å². The molecule has 8 nitrogen and oxygen atoms in total. The third-order valence-electron chi connectivity index (χ3n) is 5.44. The second kappa shape index (κ2) is 8.06. The lowest BCUT2D eigenvalue weighted by atomic mass is 10.0. The number of hydrogen-bond acceptors (Lipinski definition) is 6. The predicted octanol–water partition coefficient (Wildman–Crippen LogP) is 3.61. The van der Waals surface area contributed by atoms with E-state index in [2.05, 4.69) is 30.8 Å². The second-order valence-electron chi connectivity index (χ2n) is 7.58. The average Bonchev–Trinajstić information content (AvgIpc) is 3.52. The Morgan fingerprint density at radius 3 is 2.67 bits per heavy atom. The van der Waals surface area contributed by atoms with Crippen molar-refractivity contribution in [2.24, 2.45) is 5.92 Å². The van der Waals surface area contributed by atoms with E-state index in [4.69, 9.17) is 0 Å². The molecule has 2 N–H and O–H groups in total. The first-order valence-electron chi connectivity index (χ1n) is 9.98. The number of hydrogen-bond donors (Lipinski definition) is 2. The highest BCUT2D eigenvalue weighted by Gasteiger charge is 2.47. The fraction of sp³-hybridized carbons (Fsp3) is 0.300. The van der Waals surface area contributed by atoms with Gasteiger partial charge in [0.2, 0.25) is 0 Å². The molecule has 1 aliphatic rings. The van der Waals surface area contributed by atoms with E-state index >= 15 is 0 Å². The van der Waals surface area contributed by atoms with Gasteiger partial charge in [0.25, 0.3) is 0 Å². The van der Waals surface area contributed by atoms with Crippen LogP contribution in [0.4, 0.5) is 27.8 Å². The third-order valence-corrected chi connectivity index (χ3v) is 5.44. The molecule has 0 radical (unpaired) electrons. The van der Waals surface area contributed by atoms with Crippen LogP contribution in [0.5, 0.6) is 0 Å². The molecule has 0 spiro atoms. The zero-order chi connectivity index (χ0) is 23.2. The van der Waals surface area contributed by atoms with Crippen molar-refractivity contribution in [2.45, 2.75) is 18.8 Å². The van der Waals surface area contributed by atoms with E-state index in [0.29, 0.717) is 38.8 Å². The van der Waals surface area contributed by atoms with Gasteiger partial charge < -0.3 is 10.6 Å². The molecule has 4 aromatic heterocycles. The molecule has 5 rings (SSSR count). The second-order valence-corrected chi connectivity index (χ2v) is 7.58. The van der Waals surface area contributed by atoms with Crippen molar-refractivity contribution in [3.63, 3.8) is 0 Å². The Morgan fingerprint density at radius 2 is 1.91 bits per heavy atom. The molecule has 4 aromatic rings. The largest absolute Gasteiger partial charge is 0.395 e. The van der Waals surface area contributed by atoms with Crippen molar-refractivity contribution in [2.75, 3.05) is 18.4 Å². The van der Waals surface area contributed by atoms with Gasteiger partial charge in [-0.25, -0.2) is 19.2 Å². The summed E-state index contributed by atoms with van der Waals surface area (Å²) in [6.07, 6.45) is -0.313. The standard InChI is InChI=1S/C20H17F5N8/c21-19(22)32-10-11(6-28-32)13-4-5-18-27-9-16(33(18)31-13)14-2-1-3-17(29-14)30-15-8-26-7-12(15)20(23,24)25/h1-6,9-10,12,15,19,26H,7-8H2,(H,29,30)/t12-,15-/m0/s1. The summed E-state index contributed by atoms with van der Waals surface area (Å²) in [5, 5.41) is 13.7. The van der Waals surface area contributed by atoms with Crippen molar-refractivity contribution >= 4 is 11.5 Å². The minimum absolute atomic E-state index is 0.150. The Kier molecular flexibility index (Phi) is 5.19. The van der Waals surface area contributed by atoms with Gasteiger partial charge in [0.05, 0.1) is 35.7 Å². The van der Waals surface area contributed by atoms with Gasteiger partial charge in [0.15, 0.2) is 5.65 Å². The number of fused-ring (bicyclic) bond motifs is 1. The van der Waals surface area contributed by atoms with Gasteiger partial charge in [0, 0.05) is 24.8 Å². The van der Waals surface area contributed by atoms with Crippen molar-refractivity contribution in [3.05, 3.63) is 48.9 Å². The van der Waals surface area contributed by atoms with E-state index in [1.165, 1.54) is 23.1 Å². The third kappa shape index (κ3) is 4.11. The number of halogens is 5. The molecule has 1 aliphatic heterocycles. The Balaban J connectivity index is 1.46. The van der Waals surface area contributed by atoms with Crippen molar-refractivity contribution in [3.8, 4) is 22.6 Å². The molecule has 0 bridgehead atoms. The first-order chi connectivity index (χ1) is 15.8. The number of alkyl halides is 5. The van der Waals surface area contributed by atoms with Crippen molar-refractivity contribution in [1.29, 1.82) is 0 Å². The lowest BCUT2D eigenvalue weighted by Gasteiger charge is -2.22. The minimum Gasteiger partial charge on any atom is -0.365 e. The molecule has 0 amide bonds. The molecule has 33 heavy (non-hydrogen) atoms. The van der Waals surface area contributed by atoms with Gasteiger partial charge in [-0.3, -0.25) is 0 Å². The predicted molar refractivity (Wildman–Crippen MR) is 109 cm³/mol. The molecule has 1 fully saturated rings. The van der Waals surface area contributed by atoms with Crippen LogP contribution in [-0.2, 0) is 0 Å². The zero-order valence-corrected chi connectivity index (χ0v) is 16.8. The molecular weight excluding hydrogens is 447 g/mol. The fourth-order valence-corrected chi connectivity index (χ4v) is 3.80. The van der Waals surface area contributed by atoms with Gasteiger partial charge in [-0.2, -0.15) is 32.1 Å².